The van der Waals surface area contributed by atoms with Crippen molar-refractivity contribution in [3.63, 3.8) is 0 Å². The van der Waals surface area contributed by atoms with E-state index >= 15 is 0 Å². The van der Waals surface area contributed by atoms with Gasteiger partial charge in [0.15, 0.2) is 0 Å². The molecule has 0 aromatic rings. The number of amides is 2. The zero-order valence-electron chi connectivity index (χ0n) is 10.7. The van der Waals surface area contributed by atoms with Crippen LogP contribution in [0.1, 0.15) is 39.5 Å². The van der Waals surface area contributed by atoms with E-state index in [0.717, 1.165) is 25.7 Å². The average molecular weight is 226 g/mol. The molecule has 0 N–H and O–H groups in total. The molecule has 2 unspecified atom stereocenters. The van der Waals surface area contributed by atoms with Crippen LogP contribution < -0.4 is 0 Å². The highest BCUT2D eigenvalue weighted by Crippen LogP contribution is 2.15. The third kappa shape index (κ3) is 2.97. The van der Waals surface area contributed by atoms with E-state index in [4.69, 9.17) is 0 Å². The Labute approximate surface area is 97.6 Å². The summed E-state index contributed by atoms with van der Waals surface area (Å²) < 4.78 is 0. The fourth-order valence-corrected chi connectivity index (χ4v) is 1.90. The van der Waals surface area contributed by atoms with Gasteiger partial charge in [-0.25, -0.2) is 0 Å². The van der Waals surface area contributed by atoms with E-state index in [2.05, 4.69) is 13.8 Å². The predicted molar refractivity (Wildman–Crippen MR) is 62.9 cm³/mol. The summed E-state index contributed by atoms with van der Waals surface area (Å²) in [7, 11) is 3.72. The third-order valence-corrected chi connectivity index (χ3v) is 3.66. The molecule has 16 heavy (non-hydrogen) atoms. The number of carbonyl (C=O) groups is 2. The Kier molecular flexibility index (Phi) is 4.33. The van der Waals surface area contributed by atoms with Gasteiger partial charge in [-0.2, -0.15) is 0 Å². The van der Waals surface area contributed by atoms with Crippen molar-refractivity contribution in [3.05, 3.63) is 0 Å². The van der Waals surface area contributed by atoms with Gasteiger partial charge in [0.1, 0.15) is 0 Å². The quantitative estimate of drug-likeness (QED) is 0.624. The van der Waals surface area contributed by atoms with E-state index in [1.807, 2.05) is 14.1 Å². The van der Waals surface area contributed by atoms with Gasteiger partial charge in [0.25, 0.3) is 0 Å². The average Bonchev–Trinajstić information content (AvgIpc) is 2.70. The van der Waals surface area contributed by atoms with E-state index in [-0.39, 0.29) is 11.8 Å². The van der Waals surface area contributed by atoms with Crippen molar-refractivity contribution >= 4 is 11.8 Å². The molecule has 2 atom stereocenters. The Bertz CT molecular complexity index is 250. The first-order chi connectivity index (χ1) is 7.43. The van der Waals surface area contributed by atoms with Crippen molar-refractivity contribution in [1.82, 2.24) is 9.80 Å². The maximum Gasteiger partial charge on any atom is 0.222 e. The smallest absolute Gasteiger partial charge is 0.222 e. The van der Waals surface area contributed by atoms with Crippen LogP contribution in [0.15, 0.2) is 0 Å². The van der Waals surface area contributed by atoms with E-state index in [0.29, 0.717) is 12.1 Å². The highest BCUT2D eigenvalue weighted by Gasteiger charge is 2.23. The molecule has 0 saturated carbocycles. The number of carbonyl (C=O) groups excluding carboxylic acids is 2. The van der Waals surface area contributed by atoms with Crippen molar-refractivity contribution in [2.45, 2.75) is 51.6 Å². The van der Waals surface area contributed by atoms with Crippen LogP contribution in [-0.2, 0) is 9.59 Å². The largest absolute Gasteiger partial charge is 0.343 e. The van der Waals surface area contributed by atoms with Gasteiger partial charge < -0.3 is 9.80 Å². The van der Waals surface area contributed by atoms with E-state index < -0.39 is 0 Å². The highest BCUT2D eigenvalue weighted by atomic mass is 16.2. The number of hydrogen-bond donors (Lipinski definition) is 0. The molecule has 0 spiro atoms. The van der Waals surface area contributed by atoms with Crippen LogP contribution in [0.4, 0.5) is 0 Å². The molecular formula is C12H22N2O2. The number of rotatable bonds is 0. The first-order valence-electron chi connectivity index (χ1n) is 5.94. The lowest BCUT2D eigenvalue weighted by atomic mass is 10.2. The summed E-state index contributed by atoms with van der Waals surface area (Å²) in [4.78, 5) is 25.0. The second kappa shape index (κ2) is 5.32. The maximum atomic E-state index is 10.7. The minimum absolute atomic E-state index is 0.289. The first kappa shape index (κ1) is 13.0. The summed E-state index contributed by atoms with van der Waals surface area (Å²) in [6.45, 7) is 4.15. The Hall–Kier alpha value is -1.06. The lowest BCUT2D eigenvalue weighted by Crippen LogP contribution is -2.25. The number of nitrogens with zero attached hydrogens (tertiary/aromatic N) is 2. The van der Waals surface area contributed by atoms with Crippen LogP contribution in [0.3, 0.4) is 0 Å². The summed E-state index contributed by atoms with van der Waals surface area (Å²) in [5, 5.41) is 0. The maximum absolute atomic E-state index is 10.7. The van der Waals surface area contributed by atoms with Crippen LogP contribution in [0.25, 0.3) is 0 Å². The van der Waals surface area contributed by atoms with Gasteiger partial charge in [-0.05, 0) is 26.7 Å². The Morgan fingerprint density at radius 1 is 0.875 bits per heavy atom. The molecule has 2 aliphatic heterocycles. The number of likely N-dealkylation sites (tertiary alicyclic amines) is 2. The number of hydrogen-bond acceptors (Lipinski definition) is 2. The highest BCUT2D eigenvalue weighted by molar-refractivity contribution is 5.78. The monoisotopic (exact) mass is 226 g/mol. The second-order valence-electron chi connectivity index (χ2n) is 4.78. The van der Waals surface area contributed by atoms with Gasteiger partial charge in [-0.3, -0.25) is 9.59 Å². The Morgan fingerprint density at radius 3 is 1.25 bits per heavy atom. The van der Waals surface area contributed by atoms with Crippen LogP contribution in [-0.4, -0.2) is 47.8 Å². The van der Waals surface area contributed by atoms with Crippen LogP contribution in [0.5, 0.6) is 0 Å². The molecule has 4 heteroatoms. The standard InChI is InChI=1S/2C6H11NO/c2*1-5-3-4-6(8)7(5)2/h2*5H,3-4H2,1-2H3. The fraction of sp³-hybridized carbons (Fsp3) is 0.833. The molecular weight excluding hydrogens is 204 g/mol. The van der Waals surface area contributed by atoms with Gasteiger partial charge in [0.2, 0.25) is 11.8 Å². The molecule has 0 aromatic heterocycles. The van der Waals surface area contributed by atoms with Gasteiger partial charge in [0, 0.05) is 39.0 Å². The Balaban J connectivity index is 0.000000160. The molecule has 2 amide bonds. The molecule has 0 aromatic carbocycles. The first-order valence-corrected chi connectivity index (χ1v) is 5.94. The van der Waals surface area contributed by atoms with Crippen molar-refractivity contribution in [3.8, 4) is 0 Å². The van der Waals surface area contributed by atoms with Gasteiger partial charge in [0.05, 0.1) is 0 Å². The van der Waals surface area contributed by atoms with E-state index in [1.165, 1.54) is 0 Å². The molecule has 0 radical (unpaired) electrons. The zero-order chi connectivity index (χ0) is 12.3. The molecule has 92 valence electrons. The normalized spacial score (nSPS) is 29.5. The molecule has 4 nitrogen and oxygen atoms in total. The van der Waals surface area contributed by atoms with Gasteiger partial charge in [-0.15, -0.1) is 0 Å². The lowest BCUT2D eigenvalue weighted by Gasteiger charge is -2.13. The van der Waals surface area contributed by atoms with Crippen molar-refractivity contribution in [1.29, 1.82) is 0 Å². The SMILES string of the molecule is CC1CCC(=O)N1C.CC1CCC(=O)N1C. The molecule has 2 saturated heterocycles. The van der Waals surface area contributed by atoms with Crippen molar-refractivity contribution in [2.75, 3.05) is 14.1 Å². The van der Waals surface area contributed by atoms with Crippen molar-refractivity contribution < 1.29 is 9.59 Å². The second-order valence-corrected chi connectivity index (χ2v) is 4.78. The minimum Gasteiger partial charge on any atom is -0.343 e. The summed E-state index contributed by atoms with van der Waals surface area (Å²) in [5.74, 6) is 0.579. The van der Waals surface area contributed by atoms with Crippen LogP contribution in [0, 0.1) is 0 Å². The van der Waals surface area contributed by atoms with E-state index in [9.17, 15) is 9.59 Å². The van der Waals surface area contributed by atoms with Crippen molar-refractivity contribution in [2.24, 2.45) is 0 Å². The predicted octanol–water partition coefficient (Wildman–Crippen LogP) is 1.25. The summed E-state index contributed by atoms with van der Waals surface area (Å²) >= 11 is 0. The fourth-order valence-electron chi connectivity index (χ4n) is 1.90. The third-order valence-electron chi connectivity index (χ3n) is 3.66. The molecule has 0 bridgehead atoms. The minimum atomic E-state index is 0.289. The molecule has 0 aliphatic carbocycles. The summed E-state index contributed by atoms with van der Waals surface area (Å²) in [6.07, 6.45) is 3.57. The molecule has 2 fully saturated rings. The topological polar surface area (TPSA) is 40.6 Å². The van der Waals surface area contributed by atoms with Gasteiger partial charge >= 0.3 is 0 Å². The van der Waals surface area contributed by atoms with Gasteiger partial charge in [-0.1, -0.05) is 0 Å². The summed E-state index contributed by atoms with van der Waals surface area (Å²) in [5.41, 5.74) is 0. The van der Waals surface area contributed by atoms with Crippen LogP contribution >= 0.6 is 0 Å². The van der Waals surface area contributed by atoms with Crippen LogP contribution in [0.2, 0.25) is 0 Å². The Morgan fingerprint density at radius 2 is 1.19 bits per heavy atom. The lowest BCUT2D eigenvalue weighted by molar-refractivity contribution is -0.128. The summed E-state index contributed by atoms with van der Waals surface area (Å²) in [6, 6.07) is 0.949. The van der Waals surface area contributed by atoms with E-state index in [1.54, 1.807) is 9.80 Å². The molecule has 2 rings (SSSR count). The zero-order valence-corrected chi connectivity index (χ0v) is 10.7. The molecule has 2 aliphatic rings. The molecule has 2 heterocycles.